The lowest BCUT2D eigenvalue weighted by Crippen LogP contribution is -2.30. The van der Waals surface area contributed by atoms with E-state index in [4.69, 9.17) is 11.5 Å². The summed E-state index contributed by atoms with van der Waals surface area (Å²) >= 11 is 0. The lowest BCUT2D eigenvalue weighted by molar-refractivity contribution is 0.198. The first-order valence-corrected chi connectivity index (χ1v) is 15.8. The van der Waals surface area contributed by atoms with Crippen LogP contribution in [0.5, 0.6) is 0 Å². The quantitative estimate of drug-likeness (QED) is 0.190. The molecular weight excluding hydrogens is 567 g/mol. The Morgan fingerprint density at radius 3 is 2.09 bits per heavy atom. The fourth-order valence-corrected chi connectivity index (χ4v) is 6.72. The number of hydrogen-bond acceptors (Lipinski definition) is 9. The topological polar surface area (TPSA) is 146 Å². The molecule has 0 saturated heterocycles. The van der Waals surface area contributed by atoms with Gasteiger partial charge in [-0.2, -0.15) is 9.97 Å². The summed E-state index contributed by atoms with van der Waals surface area (Å²) in [6, 6.07) is 4.45. The number of rotatable bonds is 4. The monoisotopic (exact) mass is 610 g/mol. The van der Waals surface area contributed by atoms with Crippen LogP contribution in [-0.4, -0.2) is 40.5 Å². The van der Waals surface area contributed by atoms with Gasteiger partial charge in [-0.3, -0.25) is 9.97 Å². The highest BCUT2D eigenvalue weighted by Crippen LogP contribution is 2.43. The lowest BCUT2D eigenvalue weighted by Gasteiger charge is -2.35. The predicted octanol–water partition coefficient (Wildman–Crippen LogP) is 7.34. The molecule has 2 aliphatic rings. The number of nitrogens with zero attached hydrogens (tertiary/aromatic N) is 7. The van der Waals surface area contributed by atoms with Crippen molar-refractivity contribution < 1.29 is 4.39 Å². The van der Waals surface area contributed by atoms with Crippen molar-refractivity contribution in [3.8, 4) is 11.1 Å². The number of aromatic nitrogens is 7. The Morgan fingerprint density at radius 2 is 1.38 bits per heavy atom. The summed E-state index contributed by atoms with van der Waals surface area (Å²) in [5, 5.41) is 5.66. The van der Waals surface area contributed by atoms with Gasteiger partial charge < -0.3 is 21.4 Å². The molecule has 5 N–H and O–H groups in total. The molecule has 5 heterocycles. The standard InChI is InChI=1S/C17H22FN5.C17H21N5/c1-17(2)6-3-11(4-7-17)22-15-13(9-21-16(19)23-15)12-5-8-20-10-14(12)18;1-17(2)6-3-11(4-7-17)22-14-10-19-8-5-12(14)13-9-20-16(18)21-15(13)22/h5,8-11H,3-4,6-7H2,1-2H3,(H3,19,21,22,23);5,8-11H,3-4,6-7H2,1-2H3,(H2,18,20,21). The number of anilines is 3. The molecule has 5 aromatic heterocycles. The van der Waals surface area contributed by atoms with Crippen molar-refractivity contribution in [2.75, 3.05) is 16.8 Å². The molecule has 45 heavy (non-hydrogen) atoms. The first-order chi connectivity index (χ1) is 21.5. The minimum Gasteiger partial charge on any atom is -0.368 e. The Kier molecular flexibility index (Phi) is 8.28. The van der Waals surface area contributed by atoms with Gasteiger partial charge in [0.1, 0.15) is 17.3 Å². The fraction of sp³-hybridized carbons (Fsp3) is 0.471. The molecule has 0 spiro atoms. The van der Waals surface area contributed by atoms with Gasteiger partial charge in [0.05, 0.1) is 17.9 Å². The molecule has 236 valence electrons. The van der Waals surface area contributed by atoms with Gasteiger partial charge in [-0.05, 0) is 74.3 Å². The summed E-state index contributed by atoms with van der Waals surface area (Å²) in [6.45, 7) is 9.31. The van der Waals surface area contributed by atoms with Gasteiger partial charge in [-0.25, -0.2) is 14.4 Å². The number of fused-ring (bicyclic) bond motifs is 3. The average Bonchev–Trinajstić information content (AvgIpc) is 3.33. The number of nitrogen functional groups attached to an aromatic ring is 2. The molecule has 0 aliphatic heterocycles. The van der Waals surface area contributed by atoms with Crippen molar-refractivity contribution >= 4 is 39.7 Å². The third kappa shape index (κ3) is 6.67. The third-order valence-corrected chi connectivity index (χ3v) is 9.59. The van der Waals surface area contributed by atoms with Crippen LogP contribution in [0.25, 0.3) is 33.1 Å². The summed E-state index contributed by atoms with van der Waals surface area (Å²) < 4.78 is 16.4. The number of nitrogens with two attached hydrogens (primary N) is 2. The summed E-state index contributed by atoms with van der Waals surface area (Å²) in [4.78, 5) is 25.1. The van der Waals surface area contributed by atoms with Crippen LogP contribution in [0.15, 0.2) is 49.3 Å². The minimum absolute atomic E-state index is 0.182. The Morgan fingerprint density at radius 1 is 0.756 bits per heavy atom. The maximum atomic E-state index is 14.1. The van der Waals surface area contributed by atoms with Crippen LogP contribution in [0.2, 0.25) is 0 Å². The van der Waals surface area contributed by atoms with Crippen molar-refractivity contribution in [3.63, 3.8) is 0 Å². The Hall–Kier alpha value is -4.41. The zero-order chi connectivity index (χ0) is 31.8. The van der Waals surface area contributed by atoms with E-state index in [1.165, 1.54) is 31.9 Å². The van der Waals surface area contributed by atoms with Gasteiger partial charge in [0.15, 0.2) is 0 Å². The van der Waals surface area contributed by atoms with Gasteiger partial charge in [0.25, 0.3) is 0 Å². The molecule has 2 fully saturated rings. The Bertz CT molecular complexity index is 1790. The highest BCUT2D eigenvalue weighted by atomic mass is 19.1. The molecule has 0 amide bonds. The molecule has 0 aromatic carbocycles. The lowest BCUT2D eigenvalue weighted by atomic mass is 9.75. The molecule has 11 heteroatoms. The largest absolute Gasteiger partial charge is 0.368 e. The van der Waals surface area contributed by atoms with Crippen LogP contribution in [-0.2, 0) is 0 Å². The maximum Gasteiger partial charge on any atom is 0.221 e. The first kappa shape index (κ1) is 30.6. The van der Waals surface area contributed by atoms with Crippen molar-refractivity contribution in [2.45, 2.75) is 91.1 Å². The normalized spacial score (nSPS) is 18.4. The summed E-state index contributed by atoms with van der Waals surface area (Å²) in [5.74, 6) is 0.712. The van der Waals surface area contributed by atoms with Crippen molar-refractivity contribution in [1.29, 1.82) is 0 Å². The Labute approximate surface area is 263 Å². The van der Waals surface area contributed by atoms with Crippen LogP contribution < -0.4 is 16.8 Å². The van der Waals surface area contributed by atoms with E-state index in [2.05, 4.69) is 67.5 Å². The zero-order valence-corrected chi connectivity index (χ0v) is 26.6. The average molecular weight is 611 g/mol. The molecule has 5 aromatic rings. The maximum absolute atomic E-state index is 14.1. The predicted molar refractivity (Wildman–Crippen MR) is 178 cm³/mol. The van der Waals surface area contributed by atoms with E-state index in [1.807, 2.05) is 24.7 Å². The summed E-state index contributed by atoms with van der Waals surface area (Å²) in [7, 11) is 0. The summed E-state index contributed by atoms with van der Waals surface area (Å²) in [5.41, 5.74) is 15.5. The third-order valence-electron chi connectivity index (χ3n) is 9.59. The van der Waals surface area contributed by atoms with Gasteiger partial charge in [-0.1, -0.05) is 27.7 Å². The first-order valence-electron chi connectivity index (χ1n) is 15.8. The van der Waals surface area contributed by atoms with Crippen molar-refractivity contribution in [3.05, 3.63) is 55.1 Å². The highest BCUT2D eigenvalue weighted by Gasteiger charge is 2.30. The number of halogens is 1. The van der Waals surface area contributed by atoms with E-state index in [-0.39, 0.29) is 5.95 Å². The van der Waals surface area contributed by atoms with E-state index >= 15 is 0 Å². The molecular formula is C34H43FN10. The fourth-order valence-electron chi connectivity index (χ4n) is 6.72. The number of hydrogen-bond donors (Lipinski definition) is 3. The van der Waals surface area contributed by atoms with Crippen LogP contribution in [0, 0.1) is 16.6 Å². The van der Waals surface area contributed by atoms with Crippen LogP contribution in [0.3, 0.4) is 0 Å². The number of pyridine rings is 2. The van der Waals surface area contributed by atoms with Crippen LogP contribution in [0.4, 0.5) is 22.1 Å². The highest BCUT2D eigenvalue weighted by molar-refractivity contribution is 6.06. The summed E-state index contributed by atoms with van der Waals surface area (Å²) in [6.07, 6.45) is 19.2. The van der Waals surface area contributed by atoms with E-state index in [1.54, 1.807) is 18.5 Å². The Balaban J connectivity index is 0.000000159. The zero-order valence-electron chi connectivity index (χ0n) is 26.6. The van der Waals surface area contributed by atoms with E-state index in [9.17, 15) is 4.39 Å². The second kappa shape index (κ2) is 12.2. The molecule has 2 saturated carbocycles. The number of nitrogens with one attached hydrogen (secondary N) is 1. The molecule has 0 radical (unpaired) electrons. The molecule has 7 rings (SSSR count). The smallest absolute Gasteiger partial charge is 0.221 e. The molecule has 10 nitrogen and oxygen atoms in total. The second-order valence-corrected chi connectivity index (χ2v) is 14.1. The van der Waals surface area contributed by atoms with Crippen LogP contribution >= 0.6 is 0 Å². The molecule has 0 atom stereocenters. The molecule has 0 unspecified atom stereocenters. The molecule has 0 bridgehead atoms. The van der Waals surface area contributed by atoms with Crippen LogP contribution in [0.1, 0.15) is 85.1 Å². The van der Waals surface area contributed by atoms with E-state index < -0.39 is 5.82 Å². The van der Waals surface area contributed by atoms with Crippen molar-refractivity contribution in [1.82, 2.24) is 34.5 Å². The van der Waals surface area contributed by atoms with Gasteiger partial charge >= 0.3 is 0 Å². The van der Waals surface area contributed by atoms with Gasteiger partial charge in [0, 0.05) is 58.8 Å². The SMILES string of the molecule is CC1(C)CCC(Nc2nc(N)ncc2-c2ccncc2F)CC1.CC1(C)CCC(n2c3cnccc3c3cnc(N)nc32)CC1. The second-order valence-electron chi connectivity index (χ2n) is 14.1. The van der Waals surface area contributed by atoms with Gasteiger partial charge in [-0.15, -0.1) is 0 Å². The molecule has 2 aliphatic carbocycles. The van der Waals surface area contributed by atoms with E-state index in [0.717, 1.165) is 47.6 Å². The van der Waals surface area contributed by atoms with Gasteiger partial charge in [0.2, 0.25) is 11.9 Å². The van der Waals surface area contributed by atoms with E-state index in [0.29, 0.717) is 45.8 Å². The minimum atomic E-state index is -0.395. The van der Waals surface area contributed by atoms with Crippen molar-refractivity contribution in [2.24, 2.45) is 10.8 Å².